The first-order valence-electron chi connectivity index (χ1n) is 10.4. The minimum atomic E-state index is -4.14. The molecular formula is C25H24ClNO7S. The van der Waals surface area contributed by atoms with Crippen LogP contribution in [0.25, 0.3) is 0 Å². The first kappa shape index (κ1) is 26.1. The molecule has 0 aliphatic rings. The number of methoxy groups -OCH3 is 2. The molecule has 10 heteroatoms. The molecule has 0 saturated carbocycles. The van der Waals surface area contributed by atoms with Crippen molar-refractivity contribution in [3.8, 4) is 11.5 Å². The van der Waals surface area contributed by atoms with Crippen LogP contribution in [0.4, 0.5) is 5.69 Å². The molecule has 0 unspecified atom stereocenters. The van der Waals surface area contributed by atoms with Crippen LogP contribution in [0.5, 0.6) is 11.5 Å². The van der Waals surface area contributed by atoms with E-state index in [4.69, 9.17) is 25.8 Å². The maximum absolute atomic E-state index is 13.1. The third kappa shape index (κ3) is 6.12. The average Bonchev–Trinajstić information content (AvgIpc) is 2.83. The van der Waals surface area contributed by atoms with Gasteiger partial charge in [0.05, 0.1) is 35.4 Å². The average molecular weight is 518 g/mol. The minimum absolute atomic E-state index is 0.0179. The maximum atomic E-state index is 13.1. The third-order valence-electron chi connectivity index (χ3n) is 5.17. The van der Waals surface area contributed by atoms with E-state index in [1.54, 1.807) is 31.2 Å². The molecule has 3 rings (SSSR count). The Balaban J connectivity index is 1.81. The standard InChI is InChI=1S/C25H24ClNO7S/c1-15-5-8-17(9-6-15)22(28)14-34-25(29)19-11-18(10-7-16(19)2)35(30,31)27-21-12-20(26)23(32-3)13-24(21)33-4/h5-13,27H,14H2,1-4H3. The van der Waals surface area contributed by atoms with Crippen LogP contribution in [0.2, 0.25) is 5.02 Å². The summed E-state index contributed by atoms with van der Waals surface area (Å²) in [6.45, 7) is 3.05. The molecule has 0 aliphatic carbocycles. The molecule has 0 saturated heterocycles. The highest BCUT2D eigenvalue weighted by molar-refractivity contribution is 7.92. The Bertz CT molecular complexity index is 1370. The van der Waals surface area contributed by atoms with E-state index in [-0.39, 0.29) is 32.7 Å². The topological polar surface area (TPSA) is 108 Å². The predicted octanol–water partition coefficient (Wildman–Crippen LogP) is 4.81. The number of nitrogens with one attached hydrogen (secondary N) is 1. The third-order valence-corrected chi connectivity index (χ3v) is 6.82. The van der Waals surface area contributed by atoms with E-state index in [9.17, 15) is 18.0 Å². The normalized spacial score (nSPS) is 11.0. The first-order chi connectivity index (χ1) is 16.6. The van der Waals surface area contributed by atoms with Gasteiger partial charge in [-0.25, -0.2) is 13.2 Å². The molecule has 0 aliphatic heterocycles. The van der Waals surface area contributed by atoms with Crippen LogP contribution < -0.4 is 14.2 Å². The molecule has 0 fully saturated rings. The van der Waals surface area contributed by atoms with Gasteiger partial charge in [0.1, 0.15) is 11.5 Å². The van der Waals surface area contributed by atoms with Crippen molar-refractivity contribution in [2.75, 3.05) is 25.5 Å². The highest BCUT2D eigenvalue weighted by Gasteiger charge is 2.22. The van der Waals surface area contributed by atoms with Crippen LogP contribution in [0, 0.1) is 13.8 Å². The molecule has 0 radical (unpaired) electrons. The zero-order valence-corrected chi connectivity index (χ0v) is 21.1. The van der Waals surface area contributed by atoms with Crippen LogP contribution in [-0.4, -0.2) is 41.0 Å². The number of benzene rings is 3. The fourth-order valence-corrected chi connectivity index (χ4v) is 4.49. The lowest BCUT2D eigenvalue weighted by molar-refractivity contribution is 0.0473. The summed E-state index contributed by atoms with van der Waals surface area (Å²) in [7, 11) is -1.34. The van der Waals surface area contributed by atoms with Crippen LogP contribution in [0.1, 0.15) is 31.8 Å². The molecule has 0 heterocycles. The number of hydrogen-bond donors (Lipinski definition) is 1. The molecule has 0 bridgehead atoms. The van der Waals surface area contributed by atoms with Crippen molar-refractivity contribution < 1.29 is 32.2 Å². The molecule has 0 amide bonds. The molecule has 1 N–H and O–H groups in total. The second-order valence-corrected chi connectivity index (χ2v) is 9.72. The number of halogens is 1. The smallest absolute Gasteiger partial charge is 0.338 e. The van der Waals surface area contributed by atoms with Gasteiger partial charge in [-0.3, -0.25) is 9.52 Å². The van der Waals surface area contributed by atoms with Gasteiger partial charge in [0.15, 0.2) is 12.4 Å². The summed E-state index contributed by atoms with van der Waals surface area (Å²) >= 11 is 6.13. The summed E-state index contributed by atoms with van der Waals surface area (Å²) in [6, 6.07) is 13.7. The number of anilines is 1. The van der Waals surface area contributed by atoms with Gasteiger partial charge < -0.3 is 14.2 Å². The highest BCUT2D eigenvalue weighted by Crippen LogP contribution is 2.37. The van der Waals surface area contributed by atoms with Gasteiger partial charge in [-0.2, -0.15) is 0 Å². The second-order valence-electron chi connectivity index (χ2n) is 7.63. The quantitative estimate of drug-likeness (QED) is 0.320. The summed E-state index contributed by atoms with van der Waals surface area (Å²) in [5.41, 5.74) is 2.00. The fraction of sp³-hybridized carbons (Fsp3) is 0.200. The number of rotatable bonds is 9. The lowest BCUT2D eigenvalue weighted by Gasteiger charge is -2.15. The lowest BCUT2D eigenvalue weighted by atomic mass is 10.1. The molecule has 0 atom stereocenters. The molecule has 3 aromatic rings. The van der Waals surface area contributed by atoms with Crippen molar-refractivity contribution in [2.45, 2.75) is 18.7 Å². The van der Waals surface area contributed by atoms with Gasteiger partial charge in [-0.05, 0) is 37.6 Å². The summed E-state index contributed by atoms with van der Waals surface area (Å²) in [4.78, 5) is 24.8. The lowest BCUT2D eigenvalue weighted by Crippen LogP contribution is -2.17. The van der Waals surface area contributed by atoms with Gasteiger partial charge in [0.25, 0.3) is 10.0 Å². The number of sulfonamides is 1. The maximum Gasteiger partial charge on any atom is 0.338 e. The van der Waals surface area contributed by atoms with Gasteiger partial charge >= 0.3 is 5.97 Å². The van der Waals surface area contributed by atoms with E-state index >= 15 is 0 Å². The highest BCUT2D eigenvalue weighted by atomic mass is 35.5. The molecule has 0 aromatic heterocycles. The Kier molecular flexibility index (Phi) is 8.03. The Morgan fingerprint density at radius 2 is 1.57 bits per heavy atom. The van der Waals surface area contributed by atoms with Crippen molar-refractivity contribution in [3.63, 3.8) is 0 Å². The number of carbonyl (C=O) groups is 2. The SMILES string of the molecule is COc1cc(OC)c(NS(=O)(=O)c2ccc(C)c(C(=O)OCC(=O)c3ccc(C)cc3)c2)cc1Cl. The molecule has 35 heavy (non-hydrogen) atoms. The van der Waals surface area contributed by atoms with Crippen molar-refractivity contribution >= 4 is 39.1 Å². The van der Waals surface area contributed by atoms with Crippen LogP contribution in [-0.2, 0) is 14.8 Å². The van der Waals surface area contributed by atoms with E-state index in [1.165, 1.54) is 44.6 Å². The largest absolute Gasteiger partial charge is 0.495 e. The van der Waals surface area contributed by atoms with Crippen molar-refractivity contribution in [2.24, 2.45) is 0 Å². The molecule has 184 valence electrons. The van der Waals surface area contributed by atoms with E-state index in [1.807, 2.05) is 6.92 Å². The number of carbonyl (C=O) groups excluding carboxylic acids is 2. The van der Waals surface area contributed by atoms with Gasteiger partial charge in [0, 0.05) is 11.6 Å². The molecule has 3 aromatic carbocycles. The van der Waals surface area contributed by atoms with Crippen molar-refractivity contribution in [1.82, 2.24) is 0 Å². The molecular weight excluding hydrogens is 494 g/mol. The molecule has 0 spiro atoms. The Morgan fingerprint density at radius 1 is 0.914 bits per heavy atom. The summed E-state index contributed by atoms with van der Waals surface area (Å²) in [5.74, 6) is -0.682. The van der Waals surface area contributed by atoms with Gasteiger partial charge in [0.2, 0.25) is 0 Å². The van der Waals surface area contributed by atoms with Gasteiger partial charge in [-0.15, -0.1) is 0 Å². The summed E-state index contributed by atoms with van der Waals surface area (Å²) in [5, 5.41) is 0.178. The van der Waals surface area contributed by atoms with Gasteiger partial charge in [-0.1, -0.05) is 47.5 Å². The first-order valence-corrected chi connectivity index (χ1v) is 12.2. The number of ether oxygens (including phenoxy) is 3. The van der Waals surface area contributed by atoms with Crippen molar-refractivity contribution in [3.05, 3.63) is 81.9 Å². The van der Waals surface area contributed by atoms with Crippen LogP contribution in [0.3, 0.4) is 0 Å². The summed E-state index contributed by atoms with van der Waals surface area (Å²) in [6.07, 6.45) is 0. The van der Waals surface area contributed by atoms with Crippen LogP contribution in [0.15, 0.2) is 59.5 Å². The number of hydrogen-bond acceptors (Lipinski definition) is 7. The predicted molar refractivity (Wildman–Crippen MR) is 132 cm³/mol. The number of ketones is 1. The fourth-order valence-electron chi connectivity index (χ4n) is 3.16. The summed E-state index contributed by atoms with van der Waals surface area (Å²) < 4.78 is 44.0. The number of esters is 1. The Hall–Kier alpha value is -3.56. The Labute approximate surface area is 208 Å². The second kappa shape index (κ2) is 10.8. The molecule has 8 nitrogen and oxygen atoms in total. The van der Waals surface area contributed by atoms with E-state index < -0.39 is 22.6 Å². The van der Waals surface area contributed by atoms with E-state index in [2.05, 4.69) is 4.72 Å². The monoisotopic (exact) mass is 517 g/mol. The zero-order valence-electron chi connectivity index (χ0n) is 19.5. The minimum Gasteiger partial charge on any atom is -0.495 e. The van der Waals surface area contributed by atoms with Crippen LogP contribution >= 0.6 is 11.6 Å². The number of aryl methyl sites for hydroxylation is 2. The number of Topliss-reactive ketones (excluding diaryl/α,β-unsaturated/α-hetero) is 1. The zero-order chi connectivity index (χ0) is 25.8. The van der Waals surface area contributed by atoms with Crippen molar-refractivity contribution in [1.29, 1.82) is 0 Å². The van der Waals surface area contributed by atoms with E-state index in [0.29, 0.717) is 16.9 Å². The Morgan fingerprint density at radius 3 is 2.20 bits per heavy atom. The van der Waals surface area contributed by atoms with E-state index in [0.717, 1.165) is 5.56 Å².